The smallest absolute Gasteiger partial charge is 0.333 e. The molecule has 39 heavy (non-hydrogen) atoms. The molecule has 3 heterocycles. The van der Waals surface area contributed by atoms with Gasteiger partial charge in [-0.3, -0.25) is 14.2 Å². The molecule has 0 atom stereocenters. The second-order valence-corrected chi connectivity index (χ2v) is 11.1. The van der Waals surface area contributed by atoms with Gasteiger partial charge < -0.3 is 5.32 Å². The fourth-order valence-electron chi connectivity index (χ4n) is 4.57. The van der Waals surface area contributed by atoms with Crippen molar-refractivity contribution in [3.8, 4) is 11.1 Å². The number of aromatic nitrogens is 5. The van der Waals surface area contributed by atoms with Gasteiger partial charge in [-0.2, -0.15) is 15.5 Å². The van der Waals surface area contributed by atoms with Gasteiger partial charge in [0.15, 0.2) is 0 Å². The second kappa shape index (κ2) is 10.9. The van der Waals surface area contributed by atoms with E-state index < -0.39 is 28.5 Å². The number of nitriles is 1. The summed E-state index contributed by atoms with van der Waals surface area (Å²) in [5.74, 6) is -0.882. The highest BCUT2D eigenvalue weighted by atomic mass is 32.1. The summed E-state index contributed by atoms with van der Waals surface area (Å²) in [6.45, 7) is 8.54. The van der Waals surface area contributed by atoms with Crippen LogP contribution in [-0.4, -0.2) is 36.1 Å². The number of carbonyl (C=O) groups is 1. The lowest BCUT2D eigenvalue weighted by Gasteiger charge is -2.27. The highest BCUT2D eigenvalue weighted by Crippen LogP contribution is 2.31. The van der Waals surface area contributed by atoms with E-state index in [1.165, 1.54) is 59.1 Å². The summed E-state index contributed by atoms with van der Waals surface area (Å²) in [5.41, 5.74) is -0.656. The number of thiophene rings is 1. The molecule has 0 spiro atoms. The lowest BCUT2D eigenvalue weighted by Crippen LogP contribution is -2.56. The number of fused-ring (bicyclic) bond motifs is 1. The van der Waals surface area contributed by atoms with Crippen molar-refractivity contribution in [3.63, 3.8) is 0 Å². The summed E-state index contributed by atoms with van der Waals surface area (Å²) in [4.78, 5) is 42.8. The van der Waals surface area contributed by atoms with Crippen LogP contribution < -0.4 is 16.6 Å². The van der Waals surface area contributed by atoms with Crippen LogP contribution >= 0.6 is 11.3 Å². The molecule has 1 N–H and O–H groups in total. The van der Waals surface area contributed by atoms with Gasteiger partial charge in [-0.15, -0.1) is 4.80 Å². The quantitative estimate of drug-likeness (QED) is 0.340. The van der Waals surface area contributed by atoms with Crippen molar-refractivity contribution in [3.05, 3.63) is 73.9 Å². The van der Waals surface area contributed by atoms with Crippen LogP contribution in [0, 0.1) is 24.1 Å². The number of hydrogen-bond acceptors (Lipinski definition) is 7. The second-order valence-electron chi connectivity index (χ2n) is 10.1. The Morgan fingerprint density at radius 3 is 2.51 bits per heavy atom. The molecular weight excluding hydrogens is 521 g/mol. The number of nitrogens with zero attached hydrogens (tertiary/aromatic N) is 6. The molecule has 0 saturated heterocycles. The predicted molar refractivity (Wildman–Crippen MR) is 147 cm³/mol. The number of hydrogen-bond donors (Lipinski definition) is 1. The molecule has 204 valence electrons. The number of amides is 1. The number of benzene rings is 1. The molecule has 0 unspecified atom stereocenters. The van der Waals surface area contributed by atoms with Crippen molar-refractivity contribution >= 4 is 27.5 Å². The zero-order chi connectivity index (χ0) is 28.5. The topological polar surface area (TPSA) is 128 Å². The summed E-state index contributed by atoms with van der Waals surface area (Å²) in [6, 6.07) is 6.32. The molecule has 0 fully saturated rings. The van der Waals surface area contributed by atoms with E-state index in [2.05, 4.69) is 21.6 Å². The van der Waals surface area contributed by atoms with E-state index in [4.69, 9.17) is 5.26 Å². The molecule has 4 rings (SSSR count). The van der Waals surface area contributed by atoms with Gasteiger partial charge in [-0.05, 0) is 70.7 Å². The summed E-state index contributed by atoms with van der Waals surface area (Å²) < 4.78 is 16.6. The average molecular weight is 552 g/mol. The first-order valence-electron chi connectivity index (χ1n) is 12.6. The summed E-state index contributed by atoms with van der Waals surface area (Å²) in [5, 5.41) is 21.1. The zero-order valence-electron chi connectivity index (χ0n) is 22.5. The number of halogens is 1. The molecule has 12 heteroatoms. The molecule has 3 aromatic heterocycles. The largest absolute Gasteiger partial charge is 0.352 e. The lowest BCUT2D eigenvalue weighted by atomic mass is 10.0. The third-order valence-corrected chi connectivity index (χ3v) is 7.88. The Hall–Kier alpha value is -4.11. The van der Waals surface area contributed by atoms with Crippen molar-refractivity contribution in [1.29, 1.82) is 5.26 Å². The molecular formula is C27H30FN7O3S. The Morgan fingerprint density at radius 1 is 1.18 bits per heavy atom. The summed E-state index contributed by atoms with van der Waals surface area (Å²) in [6.07, 6.45) is 4.03. The molecule has 10 nitrogen and oxygen atoms in total. The maximum Gasteiger partial charge on any atom is 0.333 e. The minimum atomic E-state index is -1.50. The first-order valence-corrected chi connectivity index (χ1v) is 13.4. The van der Waals surface area contributed by atoms with E-state index >= 15 is 0 Å². The van der Waals surface area contributed by atoms with Gasteiger partial charge in [0, 0.05) is 24.6 Å². The summed E-state index contributed by atoms with van der Waals surface area (Å²) in [7, 11) is 0. The van der Waals surface area contributed by atoms with Crippen LogP contribution in [-0.2, 0) is 29.7 Å². The Kier molecular flexibility index (Phi) is 7.83. The van der Waals surface area contributed by atoms with Crippen LogP contribution in [0.3, 0.4) is 0 Å². The van der Waals surface area contributed by atoms with E-state index in [-0.39, 0.29) is 25.4 Å². The molecule has 0 aliphatic carbocycles. The van der Waals surface area contributed by atoms with Crippen molar-refractivity contribution in [2.45, 2.75) is 72.0 Å². The van der Waals surface area contributed by atoms with E-state index in [0.29, 0.717) is 32.8 Å². The Morgan fingerprint density at radius 2 is 1.87 bits per heavy atom. The average Bonchev–Trinajstić information content (AvgIpc) is 3.51. The highest BCUT2D eigenvalue weighted by Gasteiger charge is 2.35. The molecule has 4 aromatic rings. The van der Waals surface area contributed by atoms with Gasteiger partial charge in [0.05, 0.1) is 23.8 Å². The SMILES string of the molecule is Cc1c(-n2nccn2)sc2c1c(=O)n(C(C)(C)C(=O)NC(C)C)c(=O)n2CCc1cc(F)ccc1CCC#N. The van der Waals surface area contributed by atoms with Crippen LogP contribution in [0.4, 0.5) is 4.39 Å². The first-order chi connectivity index (χ1) is 18.5. The van der Waals surface area contributed by atoms with Gasteiger partial charge in [-0.1, -0.05) is 17.4 Å². The van der Waals surface area contributed by atoms with Crippen molar-refractivity contribution in [2.24, 2.45) is 0 Å². The number of carbonyl (C=O) groups excluding carboxylic acids is 1. The third kappa shape index (κ3) is 5.27. The lowest BCUT2D eigenvalue weighted by molar-refractivity contribution is -0.129. The van der Waals surface area contributed by atoms with E-state index in [0.717, 1.165) is 10.1 Å². The van der Waals surface area contributed by atoms with Crippen LogP contribution in [0.15, 0.2) is 40.2 Å². The zero-order valence-corrected chi connectivity index (χ0v) is 23.3. The first kappa shape index (κ1) is 27.9. The van der Waals surface area contributed by atoms with Crippen molar-refractivity contribution in [2.75, 3.05) is 0 Å². The fourth-order valence-corrected chi connectivity index (χ4v) is 5.81. The maximum absolute atomic E-state index is 14.2. The third-order valence-electron chi connectivity index (χ3n) is 6.60. The Balaban J connectivity index is 1.94. The Bertz CT molecular complexity index is 1690. The minimum absolute atomic E-state index is 0.117. The number of rotatable bonds is 9. The van der Waals surface area contributed by atoms with E-state index in [1.807, 2.05) is 0 Å². The number of nitrogens with one attached hydrogen (secondary N) is 1. The minimum Gasteiger partial charge on any atom is -0.352 e. The fraction of sp³-hybridized carbons (Fsp3) is 0.407. The van der Waals surface area contributed by atoms with Gasteiger partial charge in [0.1, 0.15) is 21.2 Å². The predicted octanol–water partition coefficient (Wildman–Crippen LogP) is 3.21. The molecule has 0 bridgehead atoms. The van der Waals surface area contributed by atoms with Crippen LogP contribution in [0.25, 0.3) is 15.2 Å². The van der Waals surface area contributed by atoms with Crippen LogP contribution in [0.5, 0.6) is 0 Å². The van der Waals surface area contributed by atoms with Crippen molar-refractivity contribution in [1.82, 2.24) is 29.4 Å². The van der Waals surface area contributed by atoms with Crippen LogP contribution in [0.1, 0.15) is 50.8 Å². The molecule has 1 amide bonds. The van der Waals surface area contributed by atoms with Gasteiger partial charge >= 0.3 is 5.69 Å². The number of aryl methyl sites for hydroxylation is 4. The Labute approximate surface area is 228 Å². The maximum atomic E-state index is 14.2. The molecule has 0 saturated carbocycles. The molecule has 0 aliphatic rings. The molecule has 1 aromatic carbocycles. The molecule has 0 aliphatic heterocycles. The van der Waals surface area contributed by atoms with Gasteiger partial charge in [0.2, 0.25) is 5.91 Å². The monoisotopic (exact) mass is 551 g/mol. The molecule has 0 radical (unpaired) electrons. The van der Waals surface area contributed by atoms with Gasteiger partial charge in [-0.25, -0.2) is 13.8 Å². The van der Waals surface area contributed by atoms with Crippen LogP contribution in [0.2, 0.25) is 0 Å². The van der Waals surface area contributed by atoms with E-state index in [1.54, 1.807) is 26.8 Å². The van der Waals surface area contributed by atoms with E-state index in [9.17, 15) is 18.8 Å². The van der Waals surface area contributed by atoms with Gasteiger partial charge in [0.25, 0.3) is 5.56 Å². The highest BCUT2D eigenvalue weighted by molar-refractivity contribution is 7.21. The normalized spacial score (nSPS) is 11.7. The van der Waals surface area contributed by atoms with Crippen molar-refractivity contribution < 1.29 is 9.18 Å². The standard InChI is InChI=1S/C27H30FN7O3S/c1-16(2)32-25(37)27(4,5)34-22(36)21-17(3)23(35-30-12-13-31-35)39-24(21)33(26(34)38)14-10-19-15-20(28)9-8-18(19)7-6-11-29/h8-9,12-13,15-16H,6-7,10,14H2,1-5H3,(H,32,37). The summed E-state index contributed by atoms with van der Waals surface area (Å²) >= 11 is 1.20.